The number of hydrogen-bond acceptors (Lipinski definition) is 4. The number of carbonyl (C=O) groups is 2. The highest BCUT2D eigenvalue weighted by molar-refractivity contribution is 5.99. The maximum Gasteiger partial charge on any atom is 0.408 e. The summed E-state index contributed by atoms with van der Waals surface area (Å²) in [6.07, 6.45) is 2.41. The van der Waals surface area contributed by atoms with E-state index < -0.39 is 12.1 Å². The number of ether oxygens (including phenoxy) is 1. The van der Waals surface area contributed by atoms with Gasteiger partial charge in [-0.25, -0.2) is 4.79 Å². The first-order chi connectivity index (χ1) is 15.1. The third-order valence-corrected chi connectivity index (χ3v) is 5.21. The molecule has 1 aromatic heterocycles. The van der Waals surface area contributed by atoms with E-state index in [2.05, 4.69) is 5.32 Å². The largest absolute Gasteiger partial charge is 0.445 e. The Hall–Kier alpha value is -3.87. The number of nitrogens with zero attached hydrogens (tertiary/aromatic N) is 2. The highest BCUT2D eigenvalue weighted by Crippen LogP contribution is 2.22. The van der Waals surface area contributed by atoms with Gasteiger partial charge in [0.05, 0.1) is 0 Å². The van der Waals surface area contributed by atoms with Gasteiger partial charge in [0.25, 0.3) is 5.56 Å². The first-order valence-electron chi connectivity index (χ1n) is 10.2. The van der Waals surface area contributed by atoms with Crippen molar-refractivity contribution < 1.29 is 14.3 Å². The van der Waals surface area contributed by atoms with E-state index in [0.717, 1.165) is 23.4 Å². The summed E-state index contributed by atoms with van der Waals surface area (Å²) >= 11 is 0. The lowest BCUT2D eigenvalue weighted by Gasteiger charge is -2.32. The molecule has 7 nitrogen and oxygen atoms in total. The van der Waals surface area contributed by atoms with Crippen LogP contribution in [0, 0.1) is 0 Å². The van der Waals surface area contributed by atoms with E-state index in [0.29, 0.717) is 13.0 Å². The number of pyridine rings is 1. The maximum atomic E-state index is 12.9. The molecule has 31 heavy (non-hydrogen) atoms. The molecule has 4 rings (SSSR count). The molecule has 0 bridgehead atoms. The van der Waals surface area contributed by atoms with Crippen molar-refractivity contribution in [2.45, 2.75) is 25.5 Å². The molecule has 1 aliphatic rings. The SMILES string of the molecule is O=C(N[C@H]1CCCN(c2ccc(-n3ccccc3=O)cc2)C1=O)OCc1ccccc1. The molecule has 1 N–H and O–H groups in total. The second kappa shape index (κ2) is 9.30. The fourth-order valence-corrected chi connectivity index (χ4v) is 3.61. The predicted octanol–water partition coefficient (Wildman–Crippen LogP) is 3.26. The molecule has 7 heteroatoms. The Morgan fingerprint density at radius 2 is 1.65 bits per heavy atom. The van der Waals surface area contributed by atoms with Gasteiger partial charge in [-0.2, -0.15) is 0 Å². The van der Waals surface area contributed by atoms with Gasteiger partial charge in [0.15, 0.2) is 0 Å². The van der Waals surface area contributed by atoms with Gasteiger partial charge in [-0.15, -0.1) is 0 Å². The van der Waals surface area contributed by atoms with Crippen LogP contribution in [0.15, 0.2) is 83.8 Å². The van der Waals surface area contributed by atoms with Crippen LogP contribution in [-0.2, 0) is 16.1 Å². The molecule has 1 saturated heterocycles. The molecule has 1 atom stereocenters. The number of rotatable bonds is 5. The molecule has 158 valence electrons. The monoisotopic (exact) mass is 417 g/mol. The van der Waals surface area contributed by atoms with E-state index in [1.54, 1.807) is 35.4 Å². The lowest BCUT2D eigenvalue weighted by Crippen LogP contribution is -2.52. The van der Waals surface area contributed by atoms with Gasteiger partial charge in [0.1, 0.15) is 12.6 Å². The van der Waals surface area contributed by atoms with Crippen LogP contribution in [0.1, 0.15) is 18.4 Å². The molecule has 1 aliphatic heterocycles. The minimum absolute atomic E-state index is 0.123. The van der Waals surface area contributed by atoms with E-state index in [-0.39, 0.29) is 18.1 Å². The summed E-state index contributed by atoms with van der Waals surface area (Å²) in [4.78, 5) is 38.8. The van der Waals surface area contributed by atoms with Crippen molar-refractivity contribution in [2.75, 3.05) is 11.4 Å². The average molecular weight is 417 g/mol. The number of aromatic nitrogens is 1. The fourth-order valence-electron chi connectivity index (χ4n) is 3.61. The van der Waals surface area contributed by atoms with Crippen LogP contribution < -0.4 is 15.8 Å². The van der Waals surface area contributed by atoms with Crippen molar-refractivity contribution >= 4 is 17.7 Å². The third kappa shape index (κ3) is 4.83. The Balaban J connectivity index is 1.39. The van der Waals surface area contributed by atoms with E-state index in [1.807, 2.05) is 42.5 Å². The van der Waals surface area contributed by atoms with Gasteiger partial charge in [0.2, 0.25) is 5.91 Å². The molecular formula is C24H23N3O4. The molecule has 0 aliphatic carbocycles. The molecule has 0 spiro atoms. The third-order valence-electron chi connectivity index (χ3n) is 5.21. The van der Waals surface area contributed by atoms with Gasteiger partial charge in [-0.1, -0.05) is 36.4 Å². The Labute approximate surface area is 179 Å². The molecule has 2 aromatic carbocycles. The molecule has 2 amide bonds. The fraction of sp³-hybridized carbons (Fsp3) is 0.208. The van der Waals surface area contributed by atoms with Crippen LogP contribution in [0.5, 0.6) is 0 Å². The van der Waals surface area contributed by atoms with Crippen LogP contribution in [0.4, 0.5) is 10.5 Å². The molecular weight excluding hydrogens is 394 g/mol. The number of anilines is 1. The van der Waals surface area contributed by atoms with Gasteiger partial charge in [-0.3, -0.25) is 14.2 Å². The minimum Gasteiger partial charge on any atom is -0.445 e. The van der Waals surface area contributed by atoms with Gasteiger partial charge in [0, 0.05) is 30.2 Å². The normalized spacial score (nSPS) is 16.1. The Morgan fingerprint density at radius 1 is 0.935 bits per heavy atom. The minimum atomic E-state index is -0.631. The van der Waals surface area contributed by atoms with Crippen molar-refractivity contribution in [3.8, 4) is 5.69 Å². The Kier molecular flexibility index (Phi) is 6.12. The van der Waals surface area contributed by atoms with Crippen LogP contribution in [0.25, 0.3) is 5.69 Å². The maximum absolute atomic E-state index is 12.9. The zero-order chi connectivity index (χ0) is 21.6. The van der Waals surface area contributed by atoms with Gasteiger partial charge in [-0.05, 0) is 48.7 Å². The van der Waals surface area contributed by atoms with Crippen molar-refractivity contribution in [3.05, 3.63) is 94.9 Å². The van der Waals surface area contributed by atoms with Crippen molar-refractivity contribution in [1.29, 1.82) is 0 Å². The molecule has 0 saturated carbocycles. The van der Waals surface area contributed by atoms with Crippen molar-refractivity contribution in [2.24, 2.45) is 0 Å². The zero-order valence-electron chi connectivity index (χ0n) is 16.9. The lowest BCUT2D eigenvalue weighted by atomic mass is 10.0. The van der Waals surface area contributed by atoms with Gasteiger partial charge < -0.3 is 15.0 Å². The number of piperidine rings is 1. The average Bonchev–Trinajstić information content (AvgIpc) is 2.80. The van der Waals surface area contributed by atoms with Crippen LogP contribution >= 0.6 is 0 Å². The molecule has 1 fully saturated rings. The second-order valence-corrected chi connectivity index (χ2v) is 7.32. The van der Waals surface area contributed by atoms with Crippen LogP contribution in [0.3, 0.4) is 0 Å². The smallest absolute Gasteiger partial charge is 0.408 e. The van der Waals surface area contributed by atoms with E-state index >= 15 is 0 Å². The van der Waals surface area contributed by atoms with Gasteiger partial charge >= 0.3 is 6.09 Å². The Morgan fingerprint density at radius 3 is 2.39 bits per heavy atom. The summed E-state index contributed by atoms with van der Waals surface area (Å²) in [6.45, 7) is 0.721. The number of amides is 2. The number of benzene rings is 2. The number of alkyl carbamates (subject to hydrolysis) is 1. The first kappa shape index (κ1) is 20.4. The zero-order valence-corrected chi connectivity index (χ0v) is 16.9. The van der Waals surface area contributed by atoms with Crippen LogP contribution in [0.2, 0.25) is 0 Å². The summed E-state index contributed by atoms with van der Waals surface area (Å²) in [7, 11) is 0. The quantitative estimate of drug-likeness (QED) is 0.691. The topological polar surface area (TPSA) is 80.6 Å². The molecule has 0 unspecified atom stereocenters. The summed E-state index contributed by atoms with van der Waals surface area (Å²) in [5.41, 5.74) is 2.20. The Bertz CT molecular complexity index is 1110. The molecule has 3 aromatic rings. The number of carbonyl (C=O) groups excluding carboxylic acids is 2. The molecule has 2 heterocycles. The van der Waals surface area contributed by atoms with E-state index in [4.69, 9.17) is 4.74 Å². The van der Waals surface area contributed by atoms with E-state index in [9.17, 15) is 14.4 Å². The summed E-state index contributed by atoms with van der Waals surface area (Å²) < 4.78 is 6.78. The number of hydrogen-bond donors (Lipinski definition) is 1. The summed E-state index contributed by atoms with van der Waals surface area (Å²) in [6, 6.07) is 20.9. The lowest BCUT2D eigenvalue weighted by molar-refractivity contribution is -0.121. The summed E-state index contributed by atoms with van der Waals surface area (Å²) in [5.74, 6) is -0.174. The number of nitrogens with one attached hydrogen (secondary N) is 1. The highest BCUT2D eigenvalue weighted by atomic mass is 16.5. The highest BCUT2D eigenvalue weighted by Gasteiger charge is 2.31. The predicted molar refractivity (Wildman–Crippen MR) is 117 cm³/mol. The summed E-state index contributed by atoms with van der Waals surface area (Å²) in [5, 5.41) is 2.69. The van der Waals surface area contributed by atoms with E-state index in [1.165, 1.54) is 10.6 Å². The van der Waals surface area contributed by atoms with Crippen molar-refractivity contribution in [1.82, 2.24) is 9.88 Å². The first-order valence-corrected chi connectivity index (χ1v) is 10.2. The van der Waals surface area contributed by atoms with Crippen molar-refractivity contribution in [3.63, 3.8) is 0 Å². The molecule has 0 radical (unpaired) electrons. The van der Waals surface area contributed by atoms with Crippen LogP contribution in [-0.4, -0.2) is 29.2 Å². The standard InChI is InChI=1S/C24H23N3O4/c28-22-10-4-5-15-26(22)19-11-13-20(14-12-19)27-16-6-9-21(23(27)29)25-24(30)31-17-18-7-2-1-3-8-18/h1-5,7-8,10-15,21H,6,9,16-17H2,(H,25,30)/t21-/m0/s1. The second-order valence-electron chi connectivity index (χ2n) is 7.32.